The maximum Gasteiger partial charge on any atom is 0.332 e. The largest absolute Gasteiger partial charge is 0.478 e. The van der Waals surface area contributed by atoms with Crippen molar-refractivity contribution in [1.82, 2.24) is 0 Å². The van der Waals surface area contributed by atoms with E-state index in [-0.39, 0.29) is 0 Å². The number of allylic oxidation sites excluding steroid dienone is 1. The maximum absolute atomic E-state index is 11.1. The molecule has 96 valence electrons. The fourth-order valence-corrected chi connectivity index (χ4v) is 1.76. The van der Waals surface area contributed by atoms with Crippen LogP contribution in [0.3, 0.4) is 0 Å². The summed E-state index contributed by atoms with van der Waals surface area (Å²) < 4.78 is 0. The third-order valence-corrected chi connectivity index (χ3v) is 2.82. The number of aliphatic carboxylic acids is 1. The van der Waals surface area contributed by atoms with Crippen LogP contribution in [0.5, 0.6) is 0 Å². The summed E-state index contributed by atoms with van der Waals surface area (Å²) >= 11 is 0. The van der Waals surface area contributed by atoms with E-state index < -0.39 is 5.97 Å². The molecule has 17 heavy (non-hydrogen) atoms. The summed E-state index contributed by atoms with van der Waals surface area (Å²) in [4.78, 5) is 11.1. The highest BCUT2D eigenvalue weighted by molar-refractivity contribution is 5.88. The zero-order valence-electron chi connectivity index (χ0n) is 11.0. The minimum Gasteiger partial charge on any atom is -0.478 e. The molecule has 3 heteroatoms. The Bertz CT molecular complexity index is 300. The molecule has 0 aromatic carbocycles. The van der Waals surface area contributed by atoms with Gasteiger partial charge in [-0.2, -0.15) is 5.26 Å². The molecular weight excluding hydrogens is 214 g/mol. The average molecular weight is 237 g/mol. The lowest BCUT2D eigenvalue weighted by molar-refractivity contribution is -0.132. The zero-order chi connectivity index (χ0) is 13.1. The molecule has 3 nitrogen and oxygen atoms in total. The molecule has 0 aromatic heterocycles. The normalized spacial score (nSPS) is 11.8. The summed E-state index contributed by atoms with van der Waals surface area (Å²) in [6.07, 6.45) is 7.11. The molecule has 0 aliphatic heterocycles. The standard InChI is InChI=1S/C14H23NO2/c1-3-5-7-9-12(11-15)13(14(16)17)10-8-6-4-2/h3-10H2,1-2H3,(H,16,17)/b13-12+. The van der Waals surface area contributed by atoms with Crippen molar-refractivity contribution < 1.29 is 9.90 Å². The molecule has 0 rings (SSSR count). The second-order valence-electron chi connectivity index (χ2n) is 4.29. The van der Waals surface area contributed by atoms with Gasteiger partial charge in [-0.1, -0.05) is 39.5 Å². The van der Waals surface area contributed by atoms with Crippen LogP contribution in [0.25, 0.3) is 0 Å². The lowest BCUT2D eigenvalue weighted by Crippen LogP contribution is -2.04. The maximum atomic E-state index is 11.1. The number of unbranched alkanes of at least 4 members (excludes halogenated alkanes) is 4. The molecule has 0 aliphatic rings. The summed E-state index contributed by atoms with van der Waals surface area (Å²) in [5.41, 5.74) is 0.805. The van der Waals surface area contributed by atoms with Crippen LogP contribution in [-0.4, -0.2) is 11.1 Å². The SMILES string of the molecule is CCCCC/C(C#N)=C(/CCCCC)C(=O)O. The molecule has 0 bridgehead atoms. The van der Waals surface area contributed by atoms with Crippen LogP contribution >= 0.6 is 0 Å². The van der Waals surface area contributed by atoms with Crippen LogP contribution in [0.15, 0.2) is 11.1 Å². The average Bonchev–Trinajstić information content (AvgIpc) is 2.31. The van der Waals surface area contributed by atoms with E-state index in [1.54, 1.807) is 0 Å². The van der Waals surface area contributed by atoms with Gasteiger partial charge in [0.05, 0.1) is 11.6 Å². The van der Waals surface area contributed by atoms with Gasteiger partial charge in [0.1, 0.15) is 0 Å². The molecule has 0 fully saturated rings. The van der Waals surface area contributed by atoms with E-state index in [1.165, 1.54) is 0 Å². The topological polar surface area (TPSA) is 61.1 Å². The van der Waals surface area contributed by atoms with Gasteiger partial charge in [0.25, 0.3) is 0 Å². The van der Waals surface area contributed by atoms with E-state index in [2.05, 4.69) is 19.9 Å². The van der Waals surface area contributed by atoms with Gasteiger partial charge in [-0.25, -0.2) is 4.79 Å². The van der Waals surface area contributed by atoms with Gasteiger partial charge in [0, 0.05) is 5.57 Å². The molecule has 0 saturated heterocycles. The van der Waals surface area contributed by atoms with Crippen LogP contribution in [0.4, 0.5) is 0 Å². The minimum atomic E-state index is -0.922. The number of carbonyl (C=O) groups is 1. The van der Waals surface area contributed by atoms with Gasteiger partial charge in [0.2, 0.25) is 0 Å². The quantitative estimate of drug-likeness (QED) is 0.374. The molecule has 0 heterocycles. The molecule has 1 N–H and O–H groups in total. The second-order valence-corrected chi connectivity index (χ2v) is 4.29. The Kier molecular flexibility index (Phi) is 9.14. The molecule has 0 amide bonds. The highest BCUT2D eigenvalue weighted by Gasteiger charge is 2.13. The van der Waals surface area contributed by atoms with Crippen molar-refractivity contribution >= 4 is 5.97 Å². The number of carboxylic acids is 1. The van der Waals surface area contributed by atoms with Crippen molar-refractivity contribution in [1.29, 1.82) is 5.26 Å². The summed E-state index contributed by atoms with van der Waals surface area (Å²) in [7, 11) is 0. The van der Waals surface area contributed by atoms with E-state index in [4.69, 9.17) is 10.4 Å². The van der Waals surface area contributed by atoms with E-state index >= 15 is 0 Å². The lowest BCUT2D eigenvalue weighted by atomic mass is 9.98. The molecule has 0 radical (unpaired) electrons. The summed E-state index contributed by atoms with van der Waals surface area (Å²) in [5.74, 6) is -0.922. The van der Waals surface area contributed by atoms with Crippen LogP contribution in [0.1, 0.15) is 65.2 Å². The van der Waals surface area contributed by atoms with E-state index in [9.17, 15) is 4.79 Å². The van der Waals surface area contributed by atoms with Gasteiger partial charge in [-0.15, -0.1) is 0 Å². The van der Waals surface area contributed by atoms with Gasteiger partial charge in [0.15, 0.2) is 0 Å². The number of rotatable bonds is 9. The fourth-order valence-electron chi connectivity index (χ4n) is 1.76. The molecule has 0 unspecified atom stereocenters. The first-order valence-electron chi connectivity index (χ1n) is 6.52. The molecule has 0 saturated carbocycles. The molecule has 0 atom stereocenters. The number of hydrogen-bond acceptors (Lipinski definition) is 2. The first kappa shape index (κ1) is 15.7. The van der Waals surface area contributed by atoms with Crippen LogP contribution in [0, 0.1) is 11.3 Å². The highest BCUT2D eigenvalue weighted by atomic mass is 16.4. The monoisotopic (exact) mass is 237 g/mol. The van der Waals surface area contributed by atoms with Crippen molar-refractivity contribution in [2.24, 2.45) is 0 Å². The van der Waals surface area contributed by atoms with Gasteiger partial charge >= 0.3 is 5.97 Å². The fraction of sp³-hybridized carbons (Fsp3) is 0.714. The van der Waals surface area contributed by atoms with Crippen molar-refractivity contribution in [3.63, 3.8) is 0 Å². The molecular formula is C14H23NO2. The number of carboxylic acid groups (broad SMARTS) is 1. The predicted octanol–water partition coefficient (Wildman–Crippen LogP) is 4.05. The zero-order valence-corrected chi connectivity index (χ0v) is 11.0. The second kappa shape index (κ2) is 9.89. The molecule has 0 spiro atoms. The Hall–Kier alpha value is -1.30. The summed E-state index contributed by atoms with van der Waals surface area (Å²) in [6.45, 7) is 4.17. The van der Waals surface area contributed by atoms with Gasteiger partial charge in [-0.05, 0) is 25.7 Å². The highest BCUT2D eigenvalue weighted by Crippen LogP contribution is 2.18. The summed E-state index contributed by atoms with van der Waals surface area (Å²) in [5, 5.41) is 18.2. The first-order valence-corrected chi connectivity index (χ1v) is 6.52. The smallest absolute Gasteiger partial charge is 0.332 e. The Morgan fingerprint density at radius 2 is 1.59 bits per heavy atom. The van der Waals surface area contributed by atoms with E-state index in [0.717, 1.165) is 38.5 Å². The van der Waals surface area contributed by atoms with E-state index in [1.807, 2.05) is 0 Å². The minimum absolute atomic E-state index is 0.331. The predicted molar refractivity (Wildman–Crippen MR) is 68.6 cm³/mol. The van der Waals surface area contributed by atoms with Crippen LogP contribution < -0.4 is 0 Å². The van der Waals surface area contributed by atoms with Crippen molar-refractivity contribution in [3.8, 4) is 6.07 Å². The number of nitriles is 1. The number of nitrogens with zero attached hydrogens (tertiary/aromatic N) is 1. The van der Waals surface area contributed by atoms with Gasteiger partial charge in [-0.3, -0.25) is 0 Å². The van der Waals surface area contributed by atoms with Gasteiger partial charge < -0.3 is 5.11 Å². The van der Waals surface area contributed by atoms with Crippen molar-refractivity contribution in [3.05, 3.63) is 11.1 Å². The Labute approximate surface area is 104 Å². The third-order valence-electron chi connectivity index (χ3n) is 2.82. The Morgan fingerprint density at radius 1 is 1.06 bits per heavy atom. The van der Waals surface area contributed by atoms with Crippen molar-refractivity contribution in [2.75, 3.05) is 0 Å². The molecule has 0 aromatic rings. The lowest BCUT2D eigenvalue weighted by Gasteiger charge is -2.06. The summed E-state index contributed by atoms with van der Waals surface area (Å²) in [6, 6.07) is 2.07. The first-order chi connectivity index (χ1) is 8.17. The molecule has 0 aliphatic carbocycles. The van der Waals surface area contributed by atoms with Crippen molar-refractivity contribution in [2.45, 2.75) is 65.2 Å². The Morgan fingerprint density at radius 3 is 2.00 bits per heavy atom. The number of hydrogen-bond donors (Lipinski definition) is 1. The van der Waals surface area contributed by atoms with E-state index in [0.29, 0.717) is 24.0 Å². The Balaban J connectivity index is 4.55. The van der Waals surface area contributed by atoms with Crippen LogP contribution in [-0.2, 0) is 4.79 Å². The van der Waals surface area contributed by atoms with Crippen LogP contribution in [0.2, 0.25) is 0 Å². The third kappa shape index (κ3) is 6.78.